The molecule has 0 spiro atoms. The molecule has 35 heavy (non-hydrogen) atoms. The van der Waals surface area contributed by atoms with E-state index in [0.29, 0.717) is 11.1 Å². The molecular weight excluding hydrogens is 482 g/mol. The lowest BCUT2D eigenvalue weighted by Crippen LogP contribution is -2.71. The van der Waals surface area contributed by atoms with E-state index in [9.17, 15) is 29.5 Å². The molecule has 0 aromatic carbocycles. The number of primary amides is 1. The number of nitrogens with zero attached hydrogens (tertiary/aromatic N) is 6. The van der Waals surface area contributed by atoms with Crippen molar-refractivity contribution in [2.24, 2.45) is 17.9 Å². The second-order valence-corrected chi connectivity index (χ2v) is 8.69. The molecule has 0 bridgehead atoms. The van der Waals surface area contributed by atoms with Crippen LogP contribution in [0.5, 0.6) is 0 Å². The van der Waals surface area contributed by atoms with Gasteiger partial charge in [-0.3, -0.25) is 19.3 Å². The number of amides is 3. The first-order valence-electron chi connectivity index (χ1n) is 9.99. The summed E-state index contributed by atoms with van der Waals surface area (Å²) in [6.07, 6.45) is 3.12. The van der Waals surface area contributed by atoms with Crippen molar-refractivity contribution in [2.45, 2.75) is 18.0 Å². The molecule has 0 saturated carbocycles. The normalized spacial score (nSPS) is 19.7. The zero-order chi connectivity index (χ0) is 25.4. The average molecular weight is 501 g/mol. The number of carboxylic acids is 1. The van der Waals surface area contributed by atoms with Crippen molar-refractivity contribution >= 4 is 47.1 Å². The van der Waals surface area contributed by atoms with Crippen LogP contribution in [-0.4, -0.2) is 71.4 Å². The van der Waals surface area contributed by atoms with Gasteiger partial charge in [-0.2, -0.15) is 4.98 Å². The highest BCUT2D eigenvalue weighted by Crippen LogP contribution is 2.40. The van der Waals surface area contributed by atoms with Crippen LogP contribution in [-0.2, 0) is 28.0 Å². The maximum Gasteiger partial charge on any atom is 0.278 e. The van der Waals surface area contributed by atoms with Gasteiger partial charge in [-0.1, -0.05) is 5.16 Å². The summed E-state index contributed by atoms with van der Waals surface area (Å²) in [6, 6.07) is 1.90. The van der Waals surface area contributed by atoms with Gasteiger partial charge in [-0.05, 0) is 0 Å². The number of carbonyl (C=O) groups is 4. The highest BCUT2D eigenvalue weighted by atomic mass is 32.2. The summed E-state index contributed by atoms with van der Waals surface area (Å²) >= 11 is 1.24. The first-order chi connectivity index (χ1) is 16.6. The molecule has 4 rings (SSSR count). The number of thioether (sulfide) groups is 1. The predicted octanol–water partition coefficient (Wildman–Crippen LogP) is -3.93. The van der Waals surface area contributed by atoms with E-state index in [1.54, 1.807) is 17.0 Å². The van der Waals surface area contributed by atoms with Gasteiger partial charge < -0.3 is 31.9 Å². The molecule has 2 aromatic rings. The average Bonchev–Trinajstić information content (AvgIpc) is 3.15. The number of hydrogen-bond acceptors (Lipinski definition) is 11. The van der Waals surface area contributed by atoms with Crippen LogP contribution in [0.15, 0.2) is 41.0 Å². The number of carboxylic acid groups (broad SMARTS) is 1. The Morgan fingerprint density at radius 3 is 2.60 bits per heavy atom. The Labute approximate surface area is 201 Å². The van der Waals surface area contributed by atoms with E-state index in [0.717, 1.165) is 4.90 Å². The van der Waals surface area contributed by atoms with Gasteiger partial charge in [-0.25, -0.2) is 9.25 Å². The molecule has 16 heteroatoms. The number of nitrogens with one attached hydrogen (secondary N) is 1. The molecule has 3 amide bonds. The molecule has 1 fully saturated rings. The standard InChI is InChI=1S/C19H19N9O6S/c1-26-19(21)23-14(24-26)10(25-34)15(30)22-11-16(31)28-12(18(32)33)9(7-35-17(11)28)6-27-4-2-8(3-5-27)13(20)29/h2-5,11,17H,6-7H2,1H3,(H6-,20,21,22,23,24,29,30,32,33,34)/t11-,17+/m1/s1. The molecule has 2 aromatic heterocycles. The van der Waals surface area contributed by atoms with Crippen LogP contribution in [0.25, 0.3) is 0 Å². The van der Waals surface area contributed by atoms with E-state index in [-0.39, 0.29) is 29.8 Å². The monoisotopic (exact) mass is 501 g/mol. The number of nitrogens with two attached hydrogens (primary N) is 2. The Bertz CT molecular complexity index is 1280. The van der Waals surface area contributed by atoms with Gasteiger partial charge in [0.2, 0.25) is 23.4 Å². The molecule has 0 radical (unpaired) electrons. The molecule has 2 atom stereocenters. The number of pyridine rings is 1. The molecule has 0 unspecified atom stereocenters. The number of carbonyl (C=O) groups excluding carboxylic acids is 4. The molecule has 1 saturated heterocycles. The number of anilines is 1. The van der Waals surface area contributed by atoms with Crippen molar-refractivity contribution in [1.29, 1.82) is 0 Å². The quantitative estimate of drug-likeness (QED) is 0.0947. The van der Waals surface area contributed by atoms with Gasteiger partial charge in [0.1, 0.15) is 11.4 Å². The lowest BCUT2D eigenvalue weighted by Gasteiger charge is -2.50. The van der Waals surface area contributed by atoms with Crippen molar-refractivity contribution < 1.29 is 34.1 Å². The van der Waals surface area contributed by atoms with Gasteiger partial charge >= 0.3 is 0 Å². The van der Waals surface area contributed by atoms with E-state index >= 15 is 0 Å². The minimum atomic E-state index is -1.54. The smallest absolute Gasteiger partial charge is 0.278 e. The van der Waals surface area contributed by atoms with Crippen LogP contribution in [0.4, 0.5) is 5.95 Å². The van der Waals surface area contributed by atoms with E-state index in [1.165, 1.54) is 35.6 Å². The fourth-order valence-electron chi connectivity index (χ4n) is 3.64. The topological polar surface area (TPSA) is 226 Å². The van der Waals surface area contributed by atoms with Gasteiger partial charge in [0.25, 0.3) is 11.8 Å². The van der Waals surface area contributed by atoms with Gasteiger partial charge in [-0.15, -0.1) is 16.9 Å². The minimum Gasteiger partial charge on any atom is -0.543 e. The molecule has 2 aliphatic rings. The number of fused-ring (bicyclic) bond motifs is 1. The highest BCUT2D eigenvalue weighted by Gasteiger charge is 2.53. The zero-order valence-electron chi connectivity index (χ0n) is 18.1. The third-order valence-electron chi connectivity index (χ3n) is 5.40. The Balaban J connectivity index is 1.51. The van der Waals surface area contributed by atoms with Gasteiger partial charge in [0, 0.05) is 30.5 Å². The van der Waals surface area contributed by atoms with Crippen molar-refractivity contribution in [3.63, 3.8) is 0 Å². The Hall–Kier alpha value is -4.47. The third-order valence-corrected chi connectivity index (χ3v) is 6.74. The van der Waals surface area contributed by atoms with E-state index in [1.807, 2.05) is 0 Å². The number of aromatic nitrogens is 4. The molecule has 182 valence electrons. The fraction of sp³-hybridized carbons (Fsp3) is 0.263. The Kier molecular flexibility index (Phi) is 6.12. The van der Waals surface area contributed by atoms with Crippen molar-refractivity contribution in [3.05, 3.63) is 47.2 Å². The fourth-order valence-corrected chi connectivity index (χ4v) is 4.97. The van der Waals surface area contributed by atoms with Gasteiger partial charge in [0.15, 0.2) is 18.9 Å². The zero-order valence-corrected chi connectivity index (χ0v) is 18.9. The summed E-state index contributed by atoms with van der Waals surface area (Å²) in [5.41, 5.74) is 10.7. The Morgan fingerprint density at radius 2 is 2.06 bits per heavy atom. The molecule has 0 aliphatic carbocycles. The largest absolute Gasteiger partial charge is 0.543 e. The second kappa shape index (κ2) is 9.05. The van der Waals surface area contributed by atoms with Crippen molar-refractivity contribution in [2.75, 3.05) is 11.5 Å². The number of aryl methyl sites for hydroxylation is 1. The van der Waals surface area contributed by atoms with E-state index in [4.69, 9.17) is 11.5 Å². The van der Waals surface area contributed by atoms with Crippen LogP contribution in [0.1, 0.15) is 16.2 Å². The summed E-state index contributed by atoms with van der Waals surface area (Å²) in [4.78, 5) is 53.5. The minimum absolute atomic E-state index is 0.0268. The summed E-state index contributed by atoms with van der Waals surface area (Å²) in [6.45, 7) is 0.122. The summed E-state index contributed by atoms with van der Waals surface area (Å²) in [7, 11) is 1.47. The summed E-state index contributed by atoms with van der Waals surface area (Å²) in [5.74, 6) is -3.79. The van der Waals surface area contributed by atoms with Crippen molar-refractivity contribution in [1.82, 2.24) is 25.0 Å². The van der Waals surface area contributed by atoms with E-state index in [2.05, 4.69) is 20.6 Å². The molecular formula is C19H19N9O6S. The lowest BCUT2D eigenvalue weighted by molar-refractivity contribution is -0.689. The van der Waals surface area contributed by atoms with Crippen LogP contribution < -0.4 is 26.5 Å². The molecule has 6 N–H and O–H groups in total. The first-order valence-corrected chi connectivity index (χ1v) is 11.0. The molecule has 4 heterocycles. The number of β-lactam (4-membered cyclic amide) rings is 1. The van der Waals surface area contributed by atoms with Gasteiger partial charge in [0.05, 0.1) is 17.2 Å². The summed E-state index contributed by atoms with van der Waals surface area (Å²) in [5, 5.41) is 29.7. The number of aliphatic carboxylic acids is 1. The third kappa shape index (κ3) is 4.25. The van der Waals surface area contributed by atoms with Crippen molar-refractivity contribution in [3.8, 4) is 0 Å². The van der Waals surface area contributed by atoms with Crippen LogP contribution in [0, 0.1) is 0 Å². The molecule has 2 aliphatic heterocycles. The molecule has 15 nitrogen and oxygen atoms in total. The van der Waals surface area contributed by atoms with E-state index < -0.39 is 40.8 Å². The SMILES string of the molecule is Cn1nc(C(=NO)C(=O)N[C@@H]2C(=O)N3C(C(=O)[O-])=C(C[n+]4ccc(C(N)=O)cc4)CS[C@@H]23)nc1N. The van der Waals surface area contributed by atoms with Crippen LogP contribution >= 0.6 is 11.8 Å². The highest BCUT2D eigenvalue weighted by molar-refractivity contribution is 8.00. The number of rotatable bonds is 7. The lowest BCUT2D eigenvalue weighted by atomic mass is 10.0. The van der Waals surface area contributed by atoms with Crippen LogP contribution in [0.3, 0.4) is 0 Å². The van der Waals surface area contributed by atoms with Crippen LogP contribution in [0.2, 0.25) is 0 Å². The Morgan fingerprint density at radius 1 is 1.37 bits per heavy atom. The first kappa shape index (κ1) is 23.7. The number of oxime groups is 1. The number of hydrogen-bond donors (Lipinski definition) is 4. The summed E-state index contributed by atoms with van der Waals surface area (Å²) < 4.78 is 2.80. The second-order valence-electron chi connectivity index (χ2n) is 7.59. The maximum absolute atomic E-state index is 12.8. The number of nitrogen functional groups attached to an aromatic ring is 1. The maximum atomic E-state index is 12.8. The predicted molar refractivity (Wildman–Crippen MR) is 116 cm³/mol.